The highest BCUT2D eigenvalue weighted by atomic mass is 32.2. The van der Waals surface area contributed by atoms with Gasteiger partial charge in [0.15, 0.2) is 9.84 Å². The molecule has 124 valence electrons. The van der Waals surface area contributed by atoms with Gasteiger partial charge < -0.3 is 4.90 Å². The maximum absolute atomic E-state index is 12.2. The normalized spacial score (nSPS) is 20.0. The molecule has 3 rings (SSSR count). The van der Waals surface area contributed by atoms with Crippen molar-refractivity contribution in [3.05, 3.63) is 29.3 Å². The first-order valence-corrected chi connectivity index (χ1v) is 10.4. The van der Waals surface area contributed by atoms with Crippen molar-refractivity contribution >= 4 is 37.3 Å². The van der Waals surface area contributed by atoms with Crippen LogP contribution in [0.3, 0.4) is 0 Å². The number of aromatic nitrogens is 1. The molecule has 5 nitrogen and oxygen atoms in total. The zero-order chi connectivity index (χ0) is 16.4. The number of aryl methyl sites for hydroxylation is 1. The summed E-state index contributed by atoms with van der Waals surface area (Å²) in [4.78, 5) is 18.4. The van der Waals surface area contributed by atoms with Crippen LogP contribution in [0.4, 0.5) is 0 Å². The third-order valence-electron chi connectivity index (χ3n) is 4.27. The van der Waals surface area contributed by atoms with E-state index in [0.717, 1.165) is 23.4 Å². The molecular weight excluding hydrogens is 332 g/mol. The molecule has 1 fully saturated rings. The van der Waals surface area contributed by atoms with Crippen LogP contribution in [-0.2, 0) is 21.1 Å². The second kappa shape index (κ2) is 6.57. The van der Waals surface area contributed by atoms with Gasteiger partial charge in [-0.25, -0.2) is 13.4 Å². The molecule has 1 aliphatic rings. The highest BCUT2D eigenvalue weighted by Gasteiger charge is 2.32. The summed E-state index contributed by atoms with van der Waals surface area (Å²) in [5, 5.41) is 1.05. The van der Waals surface area contributed by atoms with Crippen molar-refractivity contribution in [2.24, 2.45) is 0 Å². The van der Waals surface area contributed by atoms with Gasteiger partial charge in [-0.3, -0.25) is 4.79 Å². The van der Waals surface area contributed by atoms with Crippen LogP contribution in [0, 0.1) is 0 Å². The van der Waals surface area contributed by atoms with Gasteiger partial charge in [0.05, 0.1) is 26.7 Å². The first-order valence-electron chi connectivity index (χ1n) is 7.75. The summed E-state index contributed by atoms with van der Waals surface area (Å²) in [6, 6.07) is 7.86. The zero-order valence-electron chi connectivity index (χ0n) is 13.1. The number of sulfone groups is 1. The molecule has 0 radical (unpaired) electrons. The highest BCUT2D eigenvalue weighted by molar-refractivity contribution is 7.91. The smallest absolute Gasteiger partial charge is 0.222 e. The minimum atomic E-state index is -2.95. The Balaban J connectivity index is 1.51. The number of benzene rings is 1. The number of hydrogen-bond donors (Lipinski definition) is 0. The van der Waals surface area contributed by atoms with Gasteiger partial charge in [0, 0.05) is 19.5 Å². The van der Waals surface area contributed by atoms with Crippen LogP contribution in [-0.4, -0.2) is 48.8 Å². The lowest BCUT2D eigenvalue weighted by molar-refractivity contribution is -0.131. The van der Waals surface area contributed by atoms with Crippen LogP contribution in [0.1, 0.15) is 24.3 Å². The molecule has 0 saturated carbocycles. The fourth-order valence-electron chi connectivity index (χ4n) is 2.88. The Morgan fingerprint density at radius 3 is 2.87 bits per heavy atom. The molecule has 0 spiro atoms. The Morgan fingerprint density at radius 2 is 2.17 bits per heavy atom. The molecule has 1 saturated heterocycles. The van der Waals surface area contributed by atoms with Crippen LogP contribution in [0.25, 0.3) is 10.2 Å². The molecule has 23 heavy (non-hydrogen) atoms. The molecule has 0 bridgehead atoms. The summed E-state index contributed by atoms with van der Waals surface area (Å²) in [6.07, 6.45) is 2.51. The van der Waals surface area contributed by atoms with E-state index in [1.165, 1.54) is 4.70 Å². The van der Waals surface area contributed by atoms with Gasteiger partial charge in [-0.15, -0.1) is 11.3 Å². The Bertz CT molecular complexity index is 781. The predicted octanol–water partition coefficient (Wildman–Crippen LogP) is 2.26. The van der Waals surface area contributed by atoms with Crippen molar-refractivity contribution in [2.45, 2.75) is 31.7 Å². The Labute approximate surface area is 140 Å². The summed E-state index contributed by atoms with van der Waals surface area (Å²) in [5.41, 5.74) is 1.01. The molecule has 0 aliphatic carbocycles. The molecule has 2 heterocycles. The minimum Gasteiger partial charge on any atom is -0.342 e. The molecule has 1 aromatic heterocycles. The van der Waals surface area contributed by atoms with Crippen molar-refractivity contribution < 1.29 is 13.2 Å². The lowest BCUT2D eigenvalue weighted by Crippen LogP contribution is -2.37. The minimum absolute atomic E-state index is 0.0215. The van der Waals surface area contributed by atoms with Crippen molar-refractivity contribution in [1.82, 2.24) is 9.88 Å². The van der Waals surface area contributed by atoms with Crippen molar-refractivity contribution in [1.29, 1.82) is 0 Å². The molecular formula is C16H20N2O3S2. The molecule has 1 amide bonds. The number of fused-ring (bicyclic) bond motifs is 1. The van der Waals surface area contributed by atoms with Crippen molar-refractivity contribution in [3.63, 3.8) is 0 Å². The van der Waals surface area contributed by atoms with Crippen LogP contribution >= 0.6 is 11.3 Å². The first-order chi connectivity index (χ1) is 10.9. The molecule has 2 aromatic rings. The number of hydrogen-bond acceptors (Lipinski definition) is 5. The van der Waals surface area contributed by atoms with E-state index in [1.807, 2.05) is 18.2 Å². The van der Waals surface area contributed by atoms with Gasteiger partial charge in [-0.1, -0.05) is 12.1 Å². The van der Waals surface area contributed by atoms with Gasteiger partial charge in [0.2, 0.25) is 5.91 Å². The summed E-state index contributed by atoms with van der Waals surface area (Å²) < 4.78 is 24.2. The van der Waals surface area contributed by atoms with E-state index in [2.05, 4.69) is 11.1 Å². The monoisotopic (exact) mass is 352 g/mol. The molecule has 0 N–H and O–H groups in total. The van der Waals surface area contributed by atoms with Crippen molar-refractivity contribution in [2.75, 3.05) is 18.6 Å². The largest absolute Gasteiger partial charge is 0.342 e. The SMILES string of the molecule is CN(C(=O)CCCc1nc2ccccc2s1)[C@@H]1CCS(=O)(=O)C1. The van der Waals surface area contributed by atoms with Gasteiger partial charge in [-0.05, 0) is 31.4 Å². The van der Waals surface area contributed by atoms with Crippen LogP contribution in [0.5, 0.6) is 0 Å². The van der Waals surface area contributed by atoms with Crippen LogP contribution in [0.2, 0.25) is 0 Å². The number of nitrogens with zero attached hydrogens (tertiary/aromatic N) is 2. The van der Waals surface area contributed by atoms with Gasteiger partial charge in [-0.2, -0.15) is 0 Å². The molecule has 0 unspecified atom stereocenters. The number of thiazole rings is 1. The third kappa shape index (κ3) is 3.90. The topological polar surface area (TPSA) is 67.3 Å². The summed E-state index contributed by atoms with van der Waals surface area (Å²) in [6.45, 7) is 0. The van der Waals surface area contributed by atoms with E-state index in [1.54, 1.807) is 23.3 Å². The van der Waals surface area contributed by atoms with Gasteiger partial charge >= 0.3 is 0 Å². The van der Waals surface area contributed by atoms with E-state index >= 15 is 0 Å². The van der Waals surface area contributed by atoms with Crippen LogP contribution < -0.4 is 0 Å². The van der Waals surface area contributed by atoms with Crippen LogP contribution in [0.15, 0.2) is 24.3 Å². The molecule has 1 atom stereocenters. The number of carbonyl (C=O) groups excluding carboxylic acids is 1. The van der Waals surface area contributed by atoms with Crippen molar-refractivity contribution in [3.8, 4) is 0 Å². The Kier molecular flexibility index (Phi) is 4.68. The maximum atomic E-state index is 12.2. The molecule has 1 aliphatic heterocycles. The Morgan fingerprint density at radius 1 is 1.39 bits per heavy atom. The summed E-state index contributed by atoms with van der Waals surface area (Å²) >= 11 is 1.67. The van der Waals surface area contributed by atoms with E-state index in [4.69, 9.17) is 0 Å². The maximum Gasteiger partial charge on any atom is 0.222 e. The van der Waals surface area contributed by atoms with E-state index in [9.17, 15) is 13.2 Å². The third-order valence-corrected chi connectivity index (χ3v) is 7.12. The average molecular weight is 352 g/mol. The van der Waals surface area contributed by atoms with E-state index in [0.29, 0.717) is 12.8 Å². The van der Waals surface area contributed by atoms with Gasteiger partial charge in [0.1, 0.15) is 0 Å². The average Bonchev–Trinajstić information content (AvgIpc) is 3.08. The van der Waals surface area contributed by atoms with E-state index in [-0.39, 0.29) is 23.5 Å². The fraction of sp³-hybridized carbons (Fsp3) is 0.500. The Hall–Kier alpha value is -1.47. The molecule has 7 heteroatoms. The highest BCUT2D eigenvalue weighted by Crippen LogP contribution is 2.23. The number of amides is 1. The predicted molar refractivity (Wildman–Crippen MR) is 92.4 cm³/mol. The number of carbonyl (C=O) groups is 1. The van der Waals surface area contributed by atoms with Gasteiger partial charge in [0.25, 0.3) is 0 Å². The summed E-state index contributed by atoms with van der Waals surface area (Å²) in [7, 11) is -1.24. The fourth-order valence-corrected chi connectivity index (χ4v) is 5.66. The second-order valence-corrected chi connectivity index (χ2v) is 9.33. The molecule has 1 aromatic carbocycles. The quantitative estimate of drug-likeness (QED) is 0.828. The first kappa shape index (κ1) is 16.4. The van der Waals surface area contributed by atoms with E-state index < -0.39 is 9.84 Å². The lowest BCUT2D eigenvalue weighted by Gasteiger charge is -2.23. The zero-order valence-corrected chi connectivity index (χ0v) is 14.7. The number of para-hydroxylation sites is 1. The second-order valence-electron chi connectivity index (χ2n) is 5.99. The lowest BCUT2D eigenvalue weighted by atomic mass is 10.2. The standard InChI is InChI=1S/C16H20N2O3S2/c1-18(12-9-10-23(20,21)11-12)16(19)8-4-7-15-17-13-5-2-3-6-14(13)22-15/h2-3,5-6,12H,4,7-11H2,1H3/t12-/m1/s1. The number of rotatable bonds is 5. The summed E-state index contributed by atoms with van der Waals surface area (Å²) in [5.74, 6) is 0.321.